The molecule has 62 valence electrons. The Balaban J connectivity index is 2.84. The van der Waals surface area contributed by atoms with Crippen molar-refractivity contribution in [3.63, 3.8) is 0 Å². The molecule has 0 radical (unpaired) electrons. The van der Waals surface area contributed by atoms with Gasteiger partial charge < -0.3 is 5.32 Å². The number of hydrogen-bond acceptors (Lipinski definition) is 2. The molecule has 0 saturated carbocycles. The normalized spacial score (nSPS) is 9.08. The third-order valence-corrected chi connectivity index (χ3v) is 1.75. The Morgan fingerprint density at radius 1 is 1.42 bits per heavy atom. The summed E-state index contributed by atoms with van der Waals surface area (Å²) in [6.45, 7) is 4.43. The summed E-state index contributed by atoms with van der Waals surface area (Å²) >= 11 is 0. The molecule has 2 heteroatoms. The van der Waals surface area contributed by atoms with Crippen molar-refractivity contribution in [3.05, 3.63) is 29.3 Å². The number of rotatable bonds is 2. The first-order valence-electron chi connectivity index (χ1n) is 3.92. The summed E-state index contributed by atoms with van der Waals surface area (Å²) in [5.74, 6) is 0. The van der Waals surface area contributed by atoms with E-state index in [1.54, 1.807) is 0 Å². The molecule has 1 aromatic rings. The lowest BCUT2D eigenvalue weighted by molar-refractivity contribution is 1.28. The lowest BCUT2D eigenvalue weighted by Gasteiger charge is -2.06. The maximum Gasteiger partial charge on any atom is 0.103 e. The maximum absolute atomic E-state index is 8.38. The fraction of sp³-hybridized carbons (Fsp3) is 0.300. The molecule has 0 spiro atoms. The topological polar surface area (TPSA) is 35.8 Å². The standard InChI is InChI=1S/C10H12N2/c1-8-3-4-9(2)10(7-8)12-6-5-11/h3-4,7,12H,6H2,1-2H3. The molecule has 0 aliphatic rings. The van der Waals surface area contributed by atoms with Gasteiger partial charge in [-0.05, 0) is 31.0 Å². The Morgan fingerprint density at radius 2 is 2.17 bits per heavy atom. The Bertz CT molecular complexity index is 310. The second kappa shape index (κ2) is 3.77. The zero-order chi connectivity index (χ0) is 8.97. The third-order valence-electron chi connectivity index (χ3n) is 1.75. The van der Waals surface area contributed by atoms with Crippen molar-refractivity contribution >= 4 is 5.69 Å². The molecule has 1 N–H and O–H groups in total. The maximum atomic E-state index is 8.38. The minimum atomic E-state index is 0.365. The summed E-state index contributed by atoms with van der Waals surface area (Å²) in [5, 5.41) is 11.4. The molecular formula is C10H12N2. The molecule has 0 fully saturated rings. The van der Waals surface area contributed by atoms with E-state index < -0.39 is 0 Å². The van der Waals surface area contributed by atoms with Crippen molar-refractivity contribution in [3.8, 4) is 6.07 Å². The van der Waals surface area contributed by atoms with E-state index in [0.29, 0.717) is 6.54 Å². The van der Waals surface area contributed by atoms with Crippen molar-refractivity contribution in [2.24, 2.45) is 0 Å². The van der Waals surface area contributed by atoms with Crippen LogP contribution in [0.2, 0.25) is 0 Å². The van der Waals surface area contributed by atoms with Crippen molar-refractivity contribution in [2.45, 2.75) is 13.8 Å². The van der Waals surface area contributed by atoms with Gasteiger partial charge in [0.05, 0.1) is 6.07 Å². The number of hydrogen-bond donors (Lipinski definition) is 1. The van der Waals surface area contributed by atoms with Crippen LogP contribution in [0.4, 0.5) is 5.69 Å². The molecule has 0 bridgehead atoms. The summed E-state index contributed by atoms with van der Waals surface area (Å²) in [5.41, 5.74) is 3.44. The summed E-state index contributed by atoms with van der Waals surface area (Å²) < 4.78 is 0. The molecule has 0 unspecified atom stereocenters. The number of nitrogens with one attached hydrogen (secondary N) is 1. The number of aryl methyl sites for hydroxylation is 2. The SMILES string of the molecule is Cc1ccc(C)c(NCC#N)c1. The summed E-state index contributed by atoms with van der Waals surface area (Å²) in [6, 6.07) is 8.21. The lowest BCUT2D eigenvalue weighted by atomic mass is 10.1. The first kappa shape index (κ1) is 8.61. The molecule has 0 amide bonds. The summed E-state index contributed by atoms with van der Waals surface area (Å²) in [7, 11) is 0. The predicted molar refractivity (Wildman–Crippen MR) is 50.0 cm³/mol. The van der Waals surface area contributed by atoms with Gasteiger partial charge in [0.2, 0.25) is 0 Å². The van der Waals surface area contributed by atoms with E-state index in [2.05, 4.69) is 23.5 Å². The highest BCUT2D eigenvalue weighted by atomic mass is 14.9. The molecule has 0 atom stereocenters. The van der Waals surface area contributed by atoms with E-state index >= 15 is 0 Å². The fourth-order valence-electron chi connectivity index (χ4n) is 1.06. The van der Waals surface area contributed by atoms with Gasteiger partial charge >= 0.3 is 0 Å². The molecule has 1 rings (SSSR count). The van der Waals surface area contributed by atoms with Gasteiger partial charge in [0.25, 0.3) is 0 Å². The van der Waals surface area contributed by atoms with Crippen LogP contribution < -0.4 is 5.32 Å². The molecule has 0 aliphatic heterocycles. The van der Waals surface area contributed by atoms with Crippen molar-refractivity contribution in [1.82, 2.24) is 0 Å². The molecular weight excluding hydrogens is 148 g/mol. The highest BCUT2D eigenvalue weighted by molar-refractivity contribution is 5.52. The zero-order valence-electron chi connectivity index (χ0n) is 7.39. The van der Waals surface area contributed by atoms with E-state index in [9.17, 15) is 0 Å². The van der Waals surface area contributed by atoms with Crippen LogP contribution in [0.25, 0.3) is 0 Å². The van der Waals surface area contributed by atoms with Gasteiger partial charge in [0.15, 0.2) is 0 Å². The Kier molecular flexibility index (Phi) is 2.71. The molecule has 2 nitrogen and oxygen atoms in total. The van der Waals surface area contributed by atoms with E-state index in [0.717, 1.165) is 5.69 Å². The van der Waals surface area contributed by atoms with E-state index in [1.807, 2.05) is 19.9 Å². The Morgan fingerprint density at radius 3 is 2.83 bits per heavy atom. The van der Waals surface area contributed by atoms with Crippen LogP contribution in [-0.4, -0.2) is 6.54 Å². The average molecular weight is 160 g/mol. The average Bonchev–Trinajstić information content (AvgIpc) is 2.07. The minimum Gasteiger partial charge on any atom is -0.372 e. The molecule has 0 aromatic heterocycles. The quantitative estimate of drug-likeness (QED) is 0.673. The van der Waals surface area contributed by atoms with Crippen LogP contribution >= 0.6 is 0 Å². The van der Waals surface area contributed by atoms with Crippen LogP contribution in [0, 0.1) is 25.2 Å². The van der Waals surface area contributed by atoms with E-state index in [4.69, 9.17) is 5.26 Å². The first-order chi connectivity index (χ1) is 5.74. The van der Waals surface area contributed by atoms with Crippen LogP contribution in [0.3, 0.4) is 0 Å². The smallest absolute Gasteiger partial charge is 0.103 e. The van der Waals surface area contributed by atoms with Gasteiger partial charge in [0.1, 0.15) is 6.54 Å². The minimum absolute atomic E-state index is 0.365. The van der Waals surface area contributed by atoms with Crippen LogP contribution in [0.15, 0.2) is 18.2 Å². The second-order valence-electron chi connectivity index (χ2n) is 2.83. The summed E-state index contributed by atoms with van der Waals surface area (Å²) in [4.78, 5) is 0. The fourth-order valence-corrected chi connectivity index (χ4v) is 1.06. The number of nitrogens with zero attached hydrogens (tertiary/aromatic N) is 1. The summed E-state index contributed by atoms with van der Waals surface area (Å²) in [6.07, 6.45) is 0. The van der Waals surface area contributed by atoms with Gasteiger partial charge in [-0.15, -0.1) is 0 Å². The van der Waals surface area contributed by atoms with Gasteiger partial charge in [-0.2, -0.15) is 5.26 Å². The number of benzene rings is 1. The van der Waals surface area contributed by atoms with E-state index in [-0.39, 0.29) is 0 Å². The monoisotopic (exact) mass is 160 g/mol. The zero-order valence-corrected chi connectivity index (χ0v) is 7.39. The van der Waals surface area contributed by atoms with Crippen LogP contribution in [0.5, 0.6) is 0 Å². The molecule has 0 heterocycles. The Hall–Kier alpha value is -1.49. The molecule has 0 saturated heterocycles. The second-order valence-corrected chi connectivity index (χ2v) is 2.83. The Labute approximate surface area is 72.8 Å². The molecule has 12 heavy (non-hydrogen) atoms. The van der Waals surface area contributed by atoms with Crippen LogP contribution in [-0.2, 0) is 0 Å². The highest BCUT2D eigenvalue weighted by Crippen LogP contribution is 2.15. The highest BCUT2D eigenvalue weighted by Gasteiger charge is 1.95. The van der Waals surface area contributed by atoms with Gasteiger partial charge in [-0.3, -0.25) is 0 Å². The molecule has 0 aliphatic carbocycles. The first-order valence-corrected chi connectivity index (χ1v) is 3.92. The number of anilines is 1. The van der Waals surface area contributed by atoms with Crippen molar-refractivity contribution < 1.29 is 0 Å². The van der Waals surface area contributed by atoms with Gasteiger partial charge in [-0.1, -0.05) is 12.1 Å². The van der Waals surface area contributed by atoms with Gasteiger partial charge in [0, 0.05) is 5.69 Å². The largest absolute Gasteiger partial charge is 0.372 e. The van der Waals surface area contributed by atoms with Crippen molar-refractivity contribution in [1.29, 1.82) is 5.26 Å². The predicted octanol–water partition coefficient (Wildman–Crippen LogP) is 2.24. The third kappa shape index (κ3) is 2.00. The lowest BCUT2D eigenvalue weighted by Crippen LogP contribution is -2.00. The van der Waals surface area contributed by atoms with Crippen molar-refractivity contribution in [2.75, 3.05) is 11.9 Å². The van der Waals surface area contributed by atoms with Gasteiger partial charge in [-0.25, -0.2) is 0 Å². The number of nitriles is 1. The molecule has 1 aromatic carbocycles. The van der Waals surface area contributed by atoms with Crippen LogP contribution in [0.1, 0.15) is 11.1 Å². The van der Waals surface area contributed by atoms with E-state index in [1.165, 1.54) is 11.1 Å².